The number of carbonyl (C=O) groups excluding carboxylic acids is 1. The lowest BCUT2D eigenvalue weighted by Gasteiger charge is -2.02. The summed E-state index contributed by atoms with van der Waals surface area (Å²) in [7, 11) is 0. The largest absolute Gasteiger partial charge is 0.437 e. The van der Waals surface area contributed by atoms with E-state index in [1.165, 1.54) is 11.8 Å². The molecule has 3 aromatic heterocycles. The number of ketones is 1. The Morgan fingerprint density at radius 2 is 2.35 bits per heavy atom. The van der Waals surface area contributed by atoms with Gasteiger partial charge in [-0.05, 0) is 34.1 Å². The number of aromatic nitrogens is 3. The molecule has 26 heavy (non-hydrogen) atoms. The number of hydrogen-bond acceptors (Lipinski definition) is 7. The molecule has 0 aliphatic carbocycles. The molecule has 0 spiro atoms. The zero-order chi connectivity index (χ0) is 18.7. The lowest BCUT2D eigenvalue weighted by molar-refractivity contribution is 0.0969. The summed E-state index contributed by atoms with van der Waals surface area (Å²) >= 11 is 11.8. The van der Waals surface area contributed by atoms with Crippen LogP contribution >= 0.6 is 50.6 Å². The first kappa shape index (κ1) is 19.1. The molecular formula is C16H11BrClN3O3S2. The first-order valence-corrected chi connectivity index (χ1v) is 10.2. The van der Waals surface area contributed by atoms with Crippen LogP contribution in [0.5, 0.6) is 0 Å². The Morgan fingerprint density at radius 3 is 3.04 bits per heavy atom. The van der Waals surface area contributed by atoms with Gasteiger partial charge in [0.05, 0.1) is 10.4 Å². The van der Waals surface area contributed by atoms with Gasteiger partial charge in [0, 0.05) is 16.4 Å². The lowest BCUT2D eigenvalue weighted by Crippen LogP contribution is -2.21. The molecule has 0 radical (unpaired) electrons. The molecule has 0 saturated carbocycles. The molecule has 3 heterocycles. The van der Waals surface area contributed by atoms with Gasteiger partial charge >= 0.3 is 5.76 Å². The second kappa shape index (κ2) is 8.34. The predicted molar refractivity (Wildman–Crippen MR) is 106 cm³/mol. The first-order valence-electron chi connectivity index (χ1n) is 7.24. The number of thiophene rings is 1. The average Bonchev–Trinajstić information content (AvgIpc) is 3.16. The third-order valence-corrected chi connectivity index (χ3v) is 6.68. The van der Waals surface area contributed by atoms with Gasteiger partial charge in [0.1, 0.15) is 15.9 Å². The van der Waals surface area contributed by atoms with Crippen LogP contribution in [0, 0.1) is 0 Å². The normalized spacial score (nSPS) is 10.8. The maximum absolute atomic E-state index is 12.3. The van der Waals surface area contributed by atoms with Crippen molar-refractivity contribution in [3.8, 4) is 11.5 Å². The molecule has 0 aliphatic heterocycles. The van der Waals surface area contributed by atoms with Gasteiger partial charge in [-0.25, -0.2) is 9.78 Å². The fourth-order valence-electron chi connectivity index (χ4n) is 2.02. The molecule has 0 saturated heterocycles. The topological polar surface area (TPSA) is 78.0 Å². The van der Waals surface area contributed by atoms with Crippen LogP contribution in [0.2, 0.25) is 4.34 Å². The summed E-state index contributed by atoms with van der Waals surface area (Å²) in [5.74, 6) is -0.218. The Labute approximate surface area is 170 Å². The number of halogens is 2. The standard InChI is InChI=1S/C16H11BrClN3O3S2/c1-2-6-25-15-9(4-3-5-19-15)14-20-21(16(23)24-14)8-11(22)12-7-10(17)13(18)26-12/h2-5,7H,1,6,8H2. The Morgan fingerprint density at radius 1 is 1.54 bits per heavy atom. The predicted octanol–water partition coefficient (Wildman–Crippen LogP) is 4.54. The Kier molecular flexibility index (Phi) is 6.13. The first-order chi connectivity index (χ1) is 12.5. The smallest absolute Gasteiger partial charge is 0.387 e. The molecule has 0 fully saturated rings. The molecule has 0 unspecified atom stereocenters. The van der Waals surface area contributed by atoms with E-state index in [-0.39, 0.29) is 18.2 Å². The van der Waals surface area contributed by atoms with E-state index in [2.05, 4.69) is 32.6 Å². The van der Waals surface area contributed by atoms with Crippen molar-refractivity contribution in [2.24, 2.45) is 0 Å². The van der Waals surface area contributed by atoms with Crippen LogP contribution in [0.1, 0.15) is 9.67 Å². The van der Waals surface area contributed by atoms with Crippen molar-refractivity contribution in [3.05, 3.63) is 61.3 Å². The molecule has 0 N–H and O–H groups in total. The highest BCUT2D eigenvalue weighted by Crippen LogP contribution is 2.32. The molecule has 0 amide bonds. The van der Waals surface area contributed by atoms with Gasteiger partial charge in [-0.15, -0.1) is 34.8 Å². The number of thioether (sulfide) groups is 1. The van der Waals surface area contributed by atoms with Crippen molar-refractivity contribution in [2.45, 2.75) is 11.6 Å². The molecule has 3 rings (SSSR count). The van der Waals surface area contributed by atoms with Crippen LogP contribution in [0.4, 0.5) is 0 Å². The van der Waals surface area contributed by atoms with Gasteiger partial charge in [-0.3, -0.25) is 4.79 Å². The third kappa shape index (κ3) is 4.17. The van der Waals surface area contributed by atoms with E-state index < -0.39 is 5.76 Å². The van der Waals surface area contributed by atoms with E-state index >= 15 is 0 Å². The van der Waals surface area contributed by atoms with Crippen LogP contribution in [0.25, 0.3) is 11.5 Å². The van der Waals surface area contributed by atoms with Crippen molar-refractivity contribution in [2.75, 3.05) is 5.75 Å². The summed E-state index contributed by atoms with van der Waals surface area (Å²) in [5.41, 5.74) is 0.588. The number of hydrogen-bond donors (Lipinski definition) is 0. The van der Waals surface area contributed by atoms with E-state index in [4.69, 9.17) is 16.0 Å². The minimum Gasteiger partial charge on any atom is -0.387 e. The zero-order valence-electron chi connectivity index (χ0n) is 13.1. The van der Waals surface area contributed by atoms with Crippen LogP contribution in [-0.4, -0.2) is 26.3 Å². The summed E-state index contributed by atoms with van der Waals surface area (Å²) in [6.07, 6.45) is 3.40. The maximum Gasteiger partial charge on any atom is 0.437 e. The highest BCUT2D eigenvalue weighted by molar-refractivity contribution is 9.10. The van der Waals surface area contributed by atoms with Gasteiger partial charge in [0.2, 0.25) is 0 Å². The molecule has 6 nitrogen and oxygen atoms in total. The monoisotopic (exact) mass is 471 g/mol. The number of pyridine rings is 1. The maximum atomic E-state index is 12.3. The average molecular weight is 473 g/mol. The number of rotatable bonds is 7. The minimum absolute atomic E-state index is 0.118. The summed E-state index contributed by atoms with van der Waals surface area (Å²) in [6.45, 7) is 3.44. The van der Waals surface area contributed by atoms with Gasteiger partial charge < -0.3 is 4.42 Å². The van der Waals surface area contributed by atoms with Crippen LogP contribution in [0.15, 0.2) is 55.8 Å². The van der Waals surface area contributed by atoms with E-state index in [0.29, 0.717) is 30.0 Å². The van der Waals surface area contributed by atoms with Gasteiger partial charge in [0.25, 0.3) is 5.89 Å². The zero-order valence-corrected chi connectivity index (χ0v) is 17.1. The fourth-order valence-corrected chi connectivity index (χ4v) is 4.37. The van der Waals surface area contributed by atoms with Crippen molar-refractivity contribution >= 4 is 56.4 Å². The molecule has 0 atom stereocenters. The van der Waals surface area contributed by atoms with Gasteiger partial charge in [-0.2, -0.15) is 4.68 Å². The second-order valence-electron chi connectivity index (χ2n) is 4.94. The quantitative estimate of drug-likeness (QED) is 0.285. The SMILES string of the molecule is C=CCSc1ncccc1-c1nn(CC(=O)c2cc(Br)c(Cl)s2)c(=O)o1. The Hall–Kier alpha value is -1.68. The van der Waals surface area contributed by atoms with Gasteiger partial charge in [0.15, 0.2) is 5.78 Å². The van der Waals surface area contributed by atoms with Crippen molar-refractivity contribution in [1.29, 1.82) is 0 Å². The molecule has 0 aromatic carbocycles. The van der Waals surface area contributed by atoms with Gasteiger partial charge in [-0.1, -0.05) is 17.7 Å². The lowest BCUT2D eigenvalue weighted by atomic mass is 10.3. The number of Topliss-reactive ketones (excluding diaryl/α,β-unsaturated/α-hetero) is 1. The van der Waals surface area contributed by atoms with Crippen LogP contribution in [-0.2, 0) is 6.54 Å². The highest BCUT2D eigenvalue weighted by Gasteiger charge is 2.19. The molecule has 134 valence electrons. The molecular weight excluding hydrogens is 462 g/mol. The molecule has 0 aliphatic rings. The summed E-state index contributed by atoms with van der Waals surface area (Å²) in [4.78, 5) is 29.1. The van der Waals surface area contributed by atoms with Crippen LogP contribution < -0.4 is 5.76 Å². The summed E-state index contributed by atoms with van der Waals surface area (Å²) in [6, 6.07) is 5.10. The second-order valence-corrected chi connectivity index (χ2v) is 8.46. The fraction of sp³-hybridized carbons (Fsp3) is 0.125. The minimum atomic E-state index is -0.710. The highest BCUT2D eigenvalue weighted by atomic mass is 79.9. The van der Waals surface area contributed by atoms with E-state index in [1.807, 2.05) is 0 Å². The Balaban J connectivity index is 1.87. The third-order valence-electron chi connectivity index (χ3n) is 3.16. The number of carbonyl (C=O) groups is 1. The van der Waals surface area contributed by atoms with E-state index in [0.717, 1.165) is 16.0 Å². The molecule has 10 heteroatoms. The van der Waals surface area contributed by atoms with E-state index in [9.17, 15) is 9.59 Å². The summed E-state index contributed by atoms with van der Waals surface area (Å²) in [5, 5.41) is 4.81. The number of nitrogens with zero attached hydrogens (tertiary/aromatic N) is 3. The Bertz CT molecular complexity index is 1010. The van der Waals surface area contributed by atoms with Crippen molar-refractivity contribution < 1.29 is 9.21 Å². The van der Waals surface area contributed by atoms with E-state index in [1.54, 1.807) is 30.5 Å². The molecule has 3 aromatic rings. The van der Waals surface area contributed by atoms with Crippen molar-refractivity contribution in [1.82, 2.24) is 14.8 Å². The summed E-state index contributed by atoms with van der Waals surface area (Å²) < 4.78 is 7.33. The van der Waals surface area contributed by atoms with Crippen LogP contribution in [0.3, 0.4) is 0 Å². The van der Waals surface area contributed by atoms with Crippen molar-refractivity contribution in [3.63, 3.8) is 0 Å². The molecule has 0 bridgehead atoms.